The lowest BCUT2D eigenvalue weighted by molar-refractivity contribution is -0.00215. The van der Waals surface area contributed by atoms with E-state index in [-0.39, 0.29) is 6.10 Å². The van der Waals surface area contributed by atoms with Crippen molar-refractivity contribution in [2.45, 2.75) is 32.9 Å². The molecule has 0 aliphatic heterocycles. The van der Waals surface area contributed by atoms with Gasteiger partial charge in [-0.2, -0.15) is 0 Å². The summed E-state index contributed by atoms with van der Waals surface area (Å²) in [6, 6.07) is 8.17. The zero-order valence-corrected chi connectivity index (χ0v) is 12.9. The molecule has 0 aliphatic carbocycles. The van der Waals surface area contributed by atoms with Crippen LogP contribution in [0, 0.1) is 0 Å². The summed E-state index contributed by atoms with van der Waals surface area (Å²) in [6.45, 7) is 7.81. The fourth-order valence-electron chi connectivity index (χ4n) is 1.85. The third-order valence-electron chi connectivity index (χ3n) is 2.81. The summed E-state index contributed by atoms with van der Waals surface area (Å²) < 4.78 is 16.2. The molecule has 0 aromatic heterocycles. The maximum absolute atomic E-state index is 5.69. The second kappa shape index (κ2) is 10.7. The molecule has 0 aliphatic rings. The highest BCUT2D eigenvalue weighted by molar-refractivity contribution is 5.28. The number of methoxy groups -OCH3 is 1. The van der Waals surface area contributed by atoms with Crippen LogP contribution in [0.15, 0.2) is 24.3 Å². The second-order valence-electron chi connectivity index (χ2n) is 4.81. The first kappa shape index (κ1) is 17.0. The van der Waals surface area contributed by atoms with Crippen LogP contribution in [0.2, 0.25) is 0 Å². The summed E-state index contributed by atoms with van der Waals surface area (Å²) in [5, 5.41) is 3.38. The number of hydrogen-bond acceptors (Lipinski definition) is 4. The Morgan fingerprint density at radius 3 is 2.85 bits per heavy atom. The van der Waals surface area contributed by atoms with Crippen molar-refractivity contribution in [1.82, 2.24) is 5.32 Å². The Morgan fingerprint density at radius 2 is 2.10 bits per heavy atom. The Morgan fingerprint density at radius 1 is 1.25 bits per heavy atom. The lowest BCUT2D eigenvalue weighted by Gasteiger charge is -2.13. The third-order valence-corrected chi connectivity index (χ3v) is 2.81. The number of rotatable bonds is 11. The number of benzene rings is 1. The summed E-state index contributed by atoms with van der Waals surface area (Å²) in [6.07, 6.45) is 1.25. The average molecular weight is 281 g/mol. The molecule has 1 atom stereocenters. The Balaban J connectivity index is 2.24. The van der Waals surface area contributed by atoms with Gasteiger partial charge < -0.3 is 19.5 Å². The van der Waals surface area contributed by atoms with Crippen molar-refractivity contribution in [2.24, 2.45) is 0 Å². The quantitative estimate of drug-likeness (QED) is 0.633. The molecule has 114 valence electrons. The van der Waals surface area contributed by atoms with Crippen molar-refractivity contribution >= 4 is 0 Å². The highest BCUT2D eigenvalue weighted by Crippen LogP contribution is 2.13. The molecule has 1 rings (SSSR count). The van der Waals surface area contributed by atoms with Crippen LogP contribution in [-0.4, -0.2) is 39.6 Å². The molecule has 20 heavy (non-hydrogen) atoms. The smallest absolute Gasteiger partial charge is 0.119 e. The SMILES string of the molecule is CCCNCc1cccc(OCCOC(C)COC)c1. The van der Waals surface area contributed by atoms with Crippen molar-refractivity contribution in [2.75, 3.05) is 33.5 Å². The van der Waals surface area contributed by atoms with Crippen LogP contribution >= 0.6 is 0 Å². The Labute approximate surface area is 122 Å². The molecule has 0 saturated heterocycles. The predicted octanol–water partition coefficient (Wildman–Crippen LogP) is 2.62. The van der Waals surface area contributed by atoms with Crippen LogP contribution in [0.4, 0.5) is 0 Å². The van der Waals surface area contributed by atoms with E-state index in [9.17, 15) is 0 Å². The van der Waals surface area contributed by atoms with Crippen LogP contribution in [0.5, 0.6) is 5.75 Å². The largest absolute Gasteiger partial charge is 0.491 e. The lowest BCUT2D eigenvalue weighted by Crippen LogP contribution is -2.18. The maximum atomic E-state index is 5.69. The van der Waals surface area contributed by atoms with Gasteiger partial charge in [0.05, 0.1) is 19.3 Å². The topological polar surface area (TPSA) is 39.7 Å². The second-order valence-corrected chi connectivity index (χ2v) is 4.81. The van der Waals surface area contributed by atoms with E-state index in [1.165, 1.54) is 5.56 Å². The van der Waals surface area contributed by atoms with E-state index < -0.39 is 0 Å². The molecule has 0 amide bonds. The van der Waals surface area contributed by atoms with E-state index in [1.807, 2.05) is 19.1 Å². The summed E-state index contributed by atoms with van der Waals surface area (Å²) in [4.78, 5) is 0. The van der Waals surface area contributed by atoms with Gasteiger partial charge >= 0.3 is 0 Å². The first-order valence-electron chi connectivity index (χ1n) is 7.29. The highest BCUT2D eigenvalue weighted by Gasteiger charge is 2.01. The van der Waals surface area contributed by atoms with E-state index >= 15 is 0 Å². The van der Waals surface area contributed by atoms with E-state index in [0.717, 1.165) is 25.3 Å². The molecule has 4 nitrogen and oxygen atoms in total. The summed E-state index contributed by atoms with van der Waals surface area (Å²) >= 11 is 0. The Bertz CT molecular complexity index is 357. The van der Waals surface area contributed by atoms with Crippen LogP contribution in [-0.2, 0) is 16.0 Å². The predicted molar refractivity (Wildman–Crippen MR) is 81.2 cm³/mol. The van der Waals surface area contributed by atoms with Crippen molar-refractivity contribution in [1.29, 1.82) is 0 Å². The average Bonchev–Trinajstić information content (AvgIpc) is 2.45. The molecule has 0 heterocycles. The highest BCUT2D eigenvalue weighted by atomic mass is 16.5. The zero-order chi connectivity index (χ0) is 14.6. The van der Waals surface area contributed by atoms with Crippen LogP contribution < -0.4 is 10.1 Å². The van der Waals surface area contributed by atoms with Gasteiger partial charge in [-0.15, -0.1) is 0 Å². The molecule has 0 fully saturated rings. The van der Waals surface area contributed by atoms with Crippen molar-refractivity contribution in [3.63, 3.8) is 0 Å². The molecule has 0 bridgehead atoms. The fourth-order valence-corrected chi connectivity index (χ4v) is 1.85. The molecule has 4 heteroatoms. The van der Waals surface area contributed by atoms with Gasteiger partial charge in [-0.25, -0.2) is 0 Å². The zero-order valence-electron chi connectivity index (χ0n) is 12.9. The minimum Gasteiger partial charge on any atom is -0.491 e. The van der Waals surface area contributed by atoms with Crippen LogP contribution in [0.25, 0.3) is 0 Å². The van der Waals surface area contributed by atoms with Gasteiger partial charge in [0.2, 0.25) is 0 Å². The van der Waals surface area contributed by atoms with E-state index in [0.29, 0.717) is 19.8 Å². The standard InChI is InChI=1S/C16H27NO3/c1-4-8-17-12-15-6-5-7-16(11-15)20-10-9-19-14(2)13-18-3/h5-7,11,14,17H,4,8-10,12-13H2,1-3H3. The van der Waals surface area contributed by atoms with Gasteiger partial charge in [-0.05, 0) is 37.6 Å². The molecule has 1 aromatic carbocycles. The van der Waals surface area contributed by atoms with E-state index in [2.05, 4.69) is 24.4 Å². The molecular weight excluding hydrogens is 254 g/mol. The first-order chi connectivity index (χ1) is 9.76. The fraction of sp³-hybridized carbons (Fsp3) is 0.625. The molecule has 0 radical (unpaired) electrons. The van der Waals surface area contributed by atoms with Gasteiger partial charge in [-0.1, -0.05) is 19.1 Å². The van der Waals surface area contributed by atoms with Gasteiger partial charge in [0, 0.05) is 13.7 Å². The van der Waals surface area contributed by atoms with Gasteiger partial charge in [0.15, 0.2) is 0 Å². The van der Waals surface area contributed by atoms with Crippen LogP contribution in [0.3, 0.4) is 0 Å². The molecule has 1 N–H and O–H groups in total. The van der Waals surface area contributed by atoms with Gasteiger partial charge in [-0.3, -0.25) is 0 Å². The van der Waals surface area contributed by atoms with Crippen molar-refractivity contribution in [3.8, 4) is 5.75 Å². The molecule has 0 saturated carbocycles. The van der Waals surface area contributed by atoms with E-state index in [4.69, 9.17) is 14.2 Å². The van der Waals surface area contributed by atoms with Crippen LogP contribution in [0.1, 0.15) is 25.8 Å². The molecular formula is C16H27NO3. The number of nitrogens with one attached hydrogen (secondary N) is 1. The summed E-state index contributed by atoms with van der Waals surface area (Å²) in [5.41, 5.74) is 1.24. The van der Waals surface area contributed by atoms with Gasteiger partial charge in [0.1, 0.15) is 12.4 Å². The minimum absolute atomic E-state index is 0.105. The van der Waals surface area contributed by atoms with Crippen molar-refractivity contribution < 1.29 is 14.2 Å². The lowest BCUT2D eigenvalue weighted by atomic mass is 10.2. The monoisotopic (exact) mass is 281 g/mol. The number of ether oxygens (including phenoxy) is 3. The molecule has 0 spiro atoms. The van der Waals surface area contributed by atoms with Gasteiger partial charge in [0.25, 0.3) is 0 Å². The number of hydrogen-bond donors (Lipinski definition) is 1. The Hall–Kier alpha value is -1.10. The third kappa shape index (κ3) is 7.48. The first-order valence-corrected chi connectivity index (χ1v) is 7.29. The summed E-state index contributed by atoms with van der Waals surface area (Å²) in [5.74, 6) is 0.892. The summed E-state index contributed by atoms with van der Waals surface area (Å²) in [7, 11) is 1.68. The van der Waals surface area contributed by atoms with E-state index in [1.54, 1.807) is 7.11 Å². The Kier molecular flexibility index (Phi) is 9.04. The molecule has 1 unspecified atom stereocenters. The molecule has 1 aromatic rings. The van der Waals surface area contributed by atoms with Crippen molar-refractivity contribution in [3.05, 3.63) is 29.8 Å². The minimum atomic E-state index is 0.105. The maximum Gasteiger partial charge on any atom is 0.119 e. The normalized spacial score (nSPS) is 12.3.